The molecule has 17 heteroatoms. The molecule has 8 rings (SSSR count). The zero-order valence-electron chi connectivity index (χ0n) is 23.9. The fourth-order valence-electron chi connectivity index (χ4n) is 4.63. The first kappa shape index (κ1) is 29.9. The Morgan fingerprint density at radius 3 is 1.69 bits per heavy atom. The van der Waals surface area contributed by atoms with Crippen LogP contribution in [0.3, 0.4) is 0 Å². The first-order valence-electron chi connectivity index (χ1n) is 13.4. The van der Waals surface area contributed by atoms with Gasteiger partial charge in [0.25, 0.3) is 0 Å². The lowest BCUT2D eigenvalue weighted by Crippen LogP contribution is -2.40. The van der Waals surface area contributed by atoms with Gasteiger partial charge in [-0.1, -0.05) is 19.6 Å². The van der Waals surface area contributed by atoms with Crippen molar-refractivity contribution in [2.75, 3.05) is 0 Å². The van der Waals surface area contributed by atoms with E-state index in [0.717, 1.165) is 5.32 Å². The van der Waals surface area contributed by atoms with Crippen LogP contribution in [-0.2, 0) is 0 Å². The van der Waals surface area contributed by atoms with E-state index in [1.54, 1.807) is 43.0 Å². The molecule has 5 N–H and O–H groups in total. The highest BCUT2D eigenvalue weighted by molar-refractivity contribution is 9.10. The molecule has 0 spiro atoms. The van der Waals surface area contributed by atoms with Crippen LogP contribution in [0.25, 0.3) is 55.5 Å². The Labute approximate surface area is 261 Å². The van der Waals surface area contributed by atoms with Gasteiger partial charge in [0.15, 0.2) is 17.5 Å². The first-order chi connectivity index (χ1) is 21.6. The summed E-state index contributed by atoms with van der Waals surface area (Å²) in [6, 6.07) is 5.04. The van der Waals surface area contributed by atoms with E-state index in [-0.39, 0.29) is 17.5 Å². The summed E-state index contributed by atoms with van der Waals surface area (Å²) in [6.07, 6.45) is 10.2. The third kappa shape index (κ3) is 5.86. The van der Waals surface area contributed by atoms with Gasteiger partial charge in [0, 0.05) is 34.7 Å². The van der Waals surface area contributed by atoms with E-state index in [0.29, 0.717) is 60.1 Å². The maximum Gasteiger partial charge on any atom is 0.150 e. The van der Waals surface area contributed by atoms with Crippen molar-refractivity contribution >= 4 is 62.0 Å². The number of pyridine rings is 3. The maximum atomic E-state index is 13.7. The van der Waals surface area contributed by atoms with Crippen LogP contribution in [0.2, 0.25) is 19.6 Å². The largest absolute Gasteiger partial charge is 0.359 e. The average molecular weight is 694 g/mol. The molecule has 0 radical (unpaired) electrons. The second-order valence-corrected chi connectivity index (χ2v) is 16.5. The number of H-pyrrole nitrogens is 5. The average Bonchev–Trinajstić information content (AvgIpc) is 3.85. The summed E-state index contributed by atoms with van der Waals surface area (Å²) in [7, 11) is -1.64. The van der Waals surface area contributed by atoms with E-state index in [1.807, 2.05) is 0 Å². The number of halogens is 4. The Bertz CT molecular complexity index is 2190. The second-order valence-electron chi connectivity index (χ2n) is 10.7. The predicted molar refractivity (Wildman–Crippen MR) is 170 cm³/mol. The van der Waals surface area contributed by atoms with Gasteiger partial charge < -0.3 is 15.0 Å². The molecule has 0 bridgehead atoms. The number of aromatic nitrogens is 12. The van der Waals surface area contributed by atoms with Gasteiger partial charge in [-0.2, -0.15) is 30.8 Å². The summed E-state index contributed by atoms with van der Waals surface area (Å²) in [5, 5.41) is 23.7. The minimum atomic E-state index is -1.64. The minimum absolute atomic E-state index is 0.301. The molecule has 8 aromatic rings. The van der Waals surface area contributed by atoms with E-state index >= 15 is 0 Å². The summed E-state index contributed by atoms with van der Waals surface area (Å²) in [5.41, 5.74) is 4.52. The summed E-state index contributed by atoms with van der Waals surface area (Å²) in [6.45, 7) is 6.55. The van der Waals surface area contributed by atoms with Gasteiger partial charge in [0.05, 0.1) is 46.7 Å². The van der Waals surface area contributed by atoms with Crippen molar-refractivity contribution < 1.29 is 13.2 Å². The molecule has 0 amide bonds. The molecule has 8 aromatic heterocycles. The van der Waals surface area contributed by atoms with Gasteiger partial charge in [-0.15, -0.1) is 0 Å². The number of hydrogen-bond donors (Lipinski definition) is 5. The van der Waals surface area contributed by atoms with Crippen molar-refractivity contribution in [1.29, 1.82) is 0 Å². The monoisotopic (exact) mass is 692 g/mol. The normalized spacial score (nSPS) is 11.4. The van der Waals surface area contributed by atoms with E-state index in [9.17, 15) is 13.2 Å². The summed E-state index contributed by atoms with van der Waals surface area (Å²) >= 11 is 3.20. The Morgan fingerprint density at radius 1 is 0.600 bits per heavy atom. The van der Waals surface area contributed by atoms with Crippen LogP contribution < -0.4 is 5.32 Å². The van der Waals surface area contributed by atoms with Crippen molar-refractivity contribution in [2.45, 2.75) is 19.6 Å². The fourth-order valence-corrected chi connectivity index (χ4v) is 6.33. The minimum Gasteiger partial charge on any atom is -0.359 e. The Morgan fingerprint density at radius 2 is 1.13 bits per heavy atom. The number of rotatable bonds is 3. The van der Waals surface area contributed by atoms with Crippen molar-refractivity contribution in [3.63, 3.8) is 0 Å². The molecular weight excluding hydrogens is 669 g/mol. The highest BCUT2D eigenvalue weighted by Crippen LogP contribution is 2.26. The molecule has 0 aliphatic heterocycles. The van der Waals surface area contributed by atoms with Gasteiger partial charge in [-0.3, -0.25) is 0 Å². The lowest BCUT2D eigenvalue weighted by Gasteiger charge is -2.13. The molecular formula is C28H24BrF3N12Si. The van der Waals surface area contributed by atoms with Gasteiger partial charge in [-0.25, -0.2) is 28.1 Å². The molecule has 0 saturated carbocycles. The van der Waals surface area contributed by atoms with Crippen molar-refractivity contribution in [2.24, 2.45) is 0 Å². The number of aromatic amines is 5. The molecule has 8 heterocycles. The van der Waals surface area contributed by atoms with Crippen molar-refractivity contribution in [1.82, 2.24) is 60.7 Å². The van der Waals surface area contributed by atoms with Crippen molar-refractivity contribution in [3.8, 4) is 22.8 Å². The van der Waals surface area contributed by atoms with Gasteiger partial charge in [0.1, 0.15) is 35.5 Å². The van der Waals surface area contributed by atoms with E-state index in [2.05, 4.69) is 96.3 Å². The second kappa shape index (κ2) is 12.1. The molecule has 228 valence electrons. The third-order valence-corrected chi connectivity index (χ3v) is 9.11. The molecule has 0 aliphatic carbocycles. The number of nitrogens with zero attached hydrogens (tertiary/aromatic N) is 7. The molecule has 0 atom stereocenters. The highest BCUT2D eigenvalue weighted by atomic mass is 79.9. The smallest absolute Gasteiger partial charge is 0.150 e. The van der Waals surface area contributed by atoms with Gasteiger partial charge >= 0.3 is 0 Å². The lowest BCUT2D eigenvalue weighted by molar-refractivity contribution is 0.633. The van der Waals surface area contributed by atoms with Crippen LogP contribution in [0, 0.1) is 17.5 Å². The summed E-state index contributed by atoms with van der Waals surface area (Å²) < 4.78 is 40.5. The molecule has 0 fully saturated rings. The highest BCUT2D eigenvalue weighted by Gasteiger charge is 2.27. The van der Waals surface area contributed by atoms with Crippen LogP contribution in [0.1, 0.15) is 0 Å². The van der Waals surface area contributed by atoms with Gasteiger partial charge in [0.2, 0.25) is 0 Å². The molecule has 45 heavy (non-hydrogen) atoms. The molecule has 0 aliphatic rings. The number of fused-ring (bicyclic) bond motifs is 3. The van der Waals surface area contributed by atoms with Crippen LogP contribution in [-0.4, -0.2) is 68.8 Å². The maximum absolute atomic E-state index is 13.7. The van der Waals surface area contributed by atoms with E-state index in [1.165, 1.54) is 18.6 Å². The predicted octanol–water partition coefficient (Wildman–Crippen LogP) is 5.98. The van der Waals surface area contributed by atoms with Crippen LogP contribution in [0.4, 0.5) is 13.2 Å². The molecule has 0 saturated heterocycles. The Hall–Kier alpha value is -5.16. The quantitative estimate of drug-likeness (QED) is 0.112. The fraction of sp³-hybridized carbons (Fsp3) is 0.107. The van der Waals surface area contributed by atoms with Gasteiger partial charge in [-0.05, 0) is 34.1 Å². The van der Waals surface area contributed by atoms with Crippen LogP contribution in [0.15, 0.2) is 66.2 Å². The number of hydrogen-bond acceptors (Lipinski definition) is 7. The lowest BCUT2D eigenvalue weighted by atomic mass is 10.2. The Kier molecular flexibility index (Phi) is 8.02. The SMILES string of the molecule is C[Si](C)(C)c1n[nH]nc1-c1ncc(F)c2cc[nH]c12.Fc1cnc(-c2cn[nH]n2)c2[nH]ccc12.Fc1cnc(Br)c2[nH]ccc12. The van der Waals surface area contributed by atoms with Crippen molar-refractivity contribution in [3.05, 3.63) is 83.6 Å². The van der Waals surface area contributed by atoms with E-state index < -0.39 is 8.07 Å². The van der Waals surface area contributed by atoms with Crippen LogP contribution in [0.5, 0.6) is 0 Å². The molecule has 0 aromatic carbocycles. The molecule has 12 nitrogen and oxygen atoms in total. The zero-order chi connectivity index (χ0) is 31.7. The first-order valence-corrected chi connectivity index (χ1v) is 17.7. The third-order valence-electron chi connectivity index (χ3n) is 6.74. The summed E-state index contributed by atoms with van der Waals surface area (Å²) in [4.78, 5) is 20.8. The standard InChI is InChI=1S/C12H14FN5Si.C9H6FN5.C7H4BrFN2/c1-19(2,3)12-11(16-18-17-12)10-9-7(4-5-14-9)8(13)6-15-10;10-6-3-12-9(7-4-13-15-14-7)8-5(6)1-2-11-8;8-7-6-4(1-2-10-6)5(9)3-11-7/h4-6,14H,1-3H3,(H,16,17,18);1-4,11H,(H,13,14,15);1-3,10H. The molecule has 0 unspecified atom stereocenters. The topological polar surface area (TPSA) is 169 Å². The number of nitrogens with one attached hydrogen (secondary N) is 5. The zero-order valence-corrected chi connectivity index (χ0v) is 26.5. The van der Waals surface area contributed by atoms with Crippen LogP contribution >= 0.6 is 15.9 Å². The Balaban J connectivity index is 0.000000123. The summed E-state index contributed by atoms with van der Waals surface area (Å²) in [5.74, 6) is -0.985. The van der Waals surface area contributed by atoms with E-state index in [4.69, 9.17) is 0 Å².